The van der Waals surface area contributed by atoms with Gasteiger partial charge < -0.3 is 10.1 Å². The Bertz CT molecular complexity index is 406. The van der Waals surface area contributed by atoms with Crippen LogP contribution in [0, 0.1) is 5.82 Å². The van der Waals surface area contributed by atoms with E-state index in [1.807, 2.05) is 0 Å². The zero-order valence-corrected chi connectivity index (χ0v) is 9.26. The second kappa shape index (κ2) is 6.34. The number of benzene rings is 1. The van der Waals surface area contributed by atoms with Gasteiger partial charge in [0.25, 0.3) is 0 Å². The van der Waals surface area contributed by atoms with Gasteiger partial charge in [-0.3, -0.25) is 0 Å². The first-order chi connectivity index (χ1) is 8.39. The Morgan fingerprint density at radius 3 is 2.67 bits per heavy atom. The van der Waals surface area contributed by atoms with E-state index in [-0.39, 0.29) is 13.1 Å². The number of carbonyl (C=O) groups excluding carboxylic acids is 1. The quantitative estimate of drug-likeness (QED) is 0.503. The van der Waals surface area contributed by atoms with Gasteiger partial charge in [-0.2, -0.15) is 13.2 Å². The summed E-state index contributed by atoms with van der Waals surface area (Å²) in [5.41, 5.74) is 0.650. The van der Waals surface area contributed by atoms with Gasteiger partial charge in [-0.1, -0.05) is 12.1 Å². The van der Waals surface area contributed by atoms with Crippen LogP contribution in [0.4, 0.5) is 17.6 Å². The van der Waals surface area contributed by atoms with E-state index in [4.69, 9.17) is 0 Å². The van der Waals surface area contributed by atoms with Crippen molar-refractivity contribution in [3.63, 3.8) is 0 Å². The number of hydrogen-bond acceptors (Lipinski definition) is 3. The fourth-order valence-corrected chi connectivity index (χ4v) is 1.18. The van der Waals surface area contributed by atoms with Crippen LogP contribution in [0.5, 0.6) is 0 Å². The van der Waals surface area contributed by atoms with Gasteiger partial charge in [-0.15, -0.1) is 0 Å². The zero-order chi connectivity index (χ0) is 13.6. The monoisotopic (exact) mass is 265 g/mol. The summed E-state index contributed by atoms with van der Waals surface area (Å²) in [5, 5.41) is 2.72. The zero-order valence-electron chi connectivity index (χ0n) is 9.26. The molecular formula is C11H11F4NO2. The summed E-state index contributed by atoms with van der Waals surface area (Å²) in [6, 6.07) is 5.77. The van der Waals surface area contributed by atoms with Crippen molar-refractivity contribution in [1.82, 2.24) is 5.32 Å². The van der Waals surface area contributed by atoms with Gasteiger partial charge in [-0.05, 0) is 17.7 Å². The number of hydrogen-bond donors (Lipinski definition) is 1. The minimum atomic E-state index is -4.97. The van der Waals surface area contributed by atoms with Crippen molar-refractivity contribution in [2.45, 2.75) is 12.7 Å². The van der Waals surface area contributed by atoms with Crippen molar-refractivity contribution in [2.75, 3.05) is 13.2 Å². The molecule has 0 bridgehead atoms. The van der Waals surface area contributed by atoms with Gasteiger partial charge >= 0.3 is 12.1 Å². The molecule has 0 aliphatic heterocycles. The highest BCUT2D eigenvalue weighted by molar-refractivity contribution is 5.75. The van der Waals surface area contributed by atoms with Gasteiger partial charge in [0.1, 0.15) is 12.4 Å². The van der Waals surface area contributed by atoms with Crippen LogP contribution in [0.15, 0.2) is 24.3 Å². The molecule has 0 amide bonds. The lowest BCUT2D eigenvalue weighted by Crippen LogP contribution is -2.29. The van der Waals surface area contributed by atoms with E-state index in [2.05, 4.69) is 10.1 Å². The molecular weight excluding hydrogens is 254 g/mol. The largest absolute Gasteiger partial charge is 0.490 e. The minimum absolute atomic E-state index is 0.0539. The number of halogens is 4. The van der Waals surface area contributed by atoms with E-state index < -0.39 is 24.6 Å². The van der Waals surface area contributed by atoms with Gasteiger partial charge in [0.2, 0.25) is 0 Å². The fourth-order valence-electron chi connectivity index (χ4n) is 1.18. The molecule has 0 aliphatic rings. The lowest BCUT2D eigenvalue weighted by atomic mass is 10.2. The number of ether oxygens (including phenoxy) is 1. The Balaban J connectivity index is 2.18. The van der Waals surface area contributed by atoms with Crippen molar-refractivity contribution in [1.29, 1.82) is 0 Å². The molecule has 0 radical (unpaired) electrons. The molecule has 0 spiro atoms. The Morgan fingerprint density at radius 2 is 2.06 bits per heavy atom. The van der Waals surface area contributed by atoms with Gasteiger partial charge in [0.15, 0.2) is 0 Å². The summed E-state index contributed by atoms with van der Waals surface area (Å²) < 4.78 is 51.9. The molecule has 1 N–H and O–H groups in total. The van der Waals surface area contributed by atoms with Crippen LogP contribution < -0.4 is 5.32 Å². The predicted molar refractivity (Wildman–Crippen MR) is 55.1 cm³/mol. The van der Waals surface area contributed by atoms with Crippen LogP contribution in [0.3, 0.4) is 0 Å². The number of esters is 1. The standard InChI is InChI=1S/C11H11F4NO2/c12-9-3-1-2-8(6-9)7-16-4-5-18-10(17)11(13,14)15/h1-3,6,16H,4-5,7H2. The molecule has 1 aromatic carbocycles. The third-order valence-electron chi connectivity index (χ3n) is 1.96. The van der Waals surface area contributed by atoms with Crippen LogP contribution in [-0.2, 0) is 16.1 Å². The molecule has 0 fully saturated rings. The van der Waals surface area contributed by atoms with Crippen LogP contribution in [0.25, 0.3) is 0 Å². The van der Waals surface area contributed by atoms with Crippen LogP contribution in [0.2, 0.25) is 0 Å². The molecule has 0 atom stereocenters. The smallest absolute Gasteiger partial charge is 0.458 e. The molecule has 0 aliphatic carbocycles. The normalized spacial score (nSPS) is 11.3. The second-order valence-electron chi connectivity index (χ2n) is 3.44. The van der Waals surface area contributed by atoms with Gasteiger partial charge in [-0.25, -0.2) is 9.18 Å². The summed E-state index contributed by atoms with van der Waals surface area (Å²) >= 11 is 0. The lowest BCUT2D eigenvalue weighted by Gasteiger charge is -2.08. The molecule has 7 heteroatoms. The fraction of sp³-hybridized carbons (Fsp3) is 0.364. The number of alkyl halides is 3. The first-order valence-electron chi connectivity index (χ1n) is 5.08. The maximum Gasteiger partial charge on any atom is 0.490 e. The van der Waals surface area contributed by atoms with Crippen LogP contribution in [0.1, 0.15) is 5.56 Å². The second-order valence-corrected chi connectivity index (χ2v) is 3.44. The molecule has 3 nitrogen and oxygen atoms in total. The van der Waals surface area contributed by atoms with Crippen molar-refractivity contribution in [3.05, 3.63) is 35.6 Å². The van der Waals surface area contributed by atoms with E-state index >= 15 is 0 Å². The van der Waals surface area contributed by atoms with Crippen molar-refractivity contribution in [2.24, 2.45) is 0 Å². The van der Waals surface area contributed by atoms with Gasteiger partial charge in [0.05, 0.1) is 0 Å². The Kier molecular flexibility index (Phi) is 5.08. The summed E-state index contributed by atoms with van der Waals surface area (Å²) in [5.74, 6) is -2.60. The van der Waals surface area contributed by atoms with E-state index in [1.54, 1.807) is 6.07 Å². The topological polar surface area (TPSA) is 38.3 Å². The third kappa shape index (κ3) is 5.13. The van der Waals surface area contributed by atoms with Crippen LogP contribution in [-0.4, -0.2) is 25.3 Å². The SMILES string of the molecule is O=C(OCCNCc1cccc(F)c1)C(F)(F)F. The summed E-state index contributed by atoms with van der Waals surface area (Å²) in [6.07, 6.45) is -4.97. The Morgan fingerprint density at radius 1 is 1.33 bits per heavy atom. The molecule has 0 saturated heterocycles. The summed E-state index contributed by atoms with van der Waals surface area (Å²) in [4.78, 5) is 10.3. The molecule has 1 rings (SSSR count). The van der Waals surface area contributed by atoms with Gasteiger partial charge in [0, 0.05) is 13.1 Å². The molecule has 100 valence electrons. The highest BCUT2D eigenvalue weighted by Gasteiger charge is 2.40. The van der Waals surface area contributed by atoms with Crippen molar-refractivity contribution < 1.29 is 27.1 Å². The molecule has 0 saturated carbocycles. The maximum atomic E-state index is 12.8. The minimum Gasteiger partial charge on any atom is -0.458 e. The predicted octanol–water partition coefficient (Wildman–Crippen LogP) is 2.02. The molecule has 0 unspecified atom stereocenters. The first kappa shape index (κ1) is 14.4. The Hall–Kier alpha value is -1.63. The highest BCUT2D eigenvalue weighted by Crippen LogP contribution is 2.15. The summed E-state index contributed by atoms with van der Waals surface area (Å²) in [7, 11) is 0. The average molecular weight is 265 g/mol. The van der Waals surface area contributed by atoms with E-state index in [9.17, 15) is 22.4 Å². The molecule has 0 heterocycles. The average Bonchev–Trinajstić information content (AvgIpc) is 2.27. The highest BCUT2D eigenvalue weighted by atomic mass is 19.4. The van der Waals surface area contributed by atoms with Crippen molar-refractivity contribution >= 4 is 5.97 Å². The lowest BCUT2D eigenvalue weighted by molar-refractivity contribution is -0.199. The van der Waals surface area contributed by atoms with E-state index in [0.717, 1.165) is 0 Å². The first-order valence-corrected chi connectivity index (χ1v) is 5.08. The van der Waals surface area contributed by atoms with E-state index in [1.165, 1.54) is 18.2 Å². The molecule has 1 aromatic rings. The van der Waals surface area contributed by atoms with Crippen LogP contribution >= 0.6 is 0 Å². The number of carbonyl (C=O) groups is 1. The van der Waals surface area contributed by atoms with Crippen molar-refractivity contribution in [3.8, 4) is 0 Å². The Labute approximate surface area is 101 Å². The molecule has 0 aromatic heterocycles. The number of nitrogens with one attached hydrogen (secondary N) is 1. The third-order valence-corrected chi connectivity index (χ3v) is 1.96. The number of rotatable bonds is 5. The maximum absolute atomic E-state index is 12.8. The van der Waals surface area contributed by atoms with E-state index in [0.29, 0.717) is 5.56 Å². The summed E-state index contributed by atoms with van der Waals surface area (Å²) in [6.45, 7) is -0.0622. The molecule has 18 heavy (non-hydrogen) atoms.